The molecular weight excluding hydrogens is 329 g/mol. The fourth-order valence-electron chi connectivity index (χ4n) is 2.94. The summed E-state index contributed by atoms with van der Waals surface area (Å²) in [4.78, 5) is 40.0. The van der Waals surface area contributed by atoms with Gasteiger partial charge in [0, 0.05) is 39.3 Å². The van der Waals surface area contributed by atoms with E-state index in [9.17, 15) is 18.8 Å². The van der Waals surface area contributed by atoms with Crippen LogP contribution >= 0.6 is 0 Å². The van der Waals surface area contributed by atoms with Crippen molar-refractivity contribution in [2.24, 2.45) is 5.92 Å². The molecule has 2 aliphatic heterocycles. The number of carbonyl (C=O) groups excluding carboxylic acids is 3. The van der Waals surface area contributed by atoms with Gasteiger partial charge >= 0.3 is 0 Å². The van der Waals surface area contributed by atoms with Gasteiger partial charge in [-0.25, -0.2) is 4.39 Å². The van der Waals surface area contributed by atoms with Crippen LogP contribution in [0.3, 0.4) is 0 Å². The first kappa shape index (κ1) is 17.2. The van der Waals surface area contributed by atoms with Crippen molar-refractivity contribution in [2.45, 2.75) is 0 Å². The van der Waals surface area contributed by atoms with Crippen LogP contribution in [-0.2, 0) is 14.4 Å². The highest BCUT2D eigenvalue weighted by molar-refractivity contribution is 5.85. The van der Waals surface area contributed by atoms with Gasteiger partial charge in [-0.05, 0) is 12.1 Å². The Hall–Kier alpha value is -2.64. The van der Waals surface area contributed by atoms with Gasteiger partial charge in [0.05, 0.1) is 5.92 Å². The molecular formula is C17H20FN3O4. The Balaban J connectivity index is 1.41. The van der Waals surface area contributed by atoms with Gasteiger partial charge in [0.1, 0.15) is 0 Å². The Morgan fingerprint density at radius 2 is 1.80 bits per heavy atom. The van der Waals surface area contributed by atoms with Crippen LogP contribution in [0, 0.1) is 11.7 Å². The van der Waals surface area contributed by atoms with Crippen molar-refractivity contribution in [1.29, 1.82) is 0 Å². The van der Waals surface area contributed by atoms with Crippen LogP contribution in [0.15, 0.2) is 24.3 Å². The smallest absolute Gasteiger partial charge is 0.260 e. The number of amides is 3. The molecule has 0 radical (unpaired) electrons. The lowest BCUT2D eigenvalue weighted by atomic mass is 9.98. The molecule has 8 heteroatoms. The number of ether oxygens (including phenoxy) is 1. The first-order chi connectivity index (χ1) is 12.1. The molecule has 0 bridgehead atoms. The quantitative estimate of drug-likeness (QED) is 0.700. The Morgan fingerprint density at radius 3 is 2.44 bits per heavy atom. The first-order valence-corrected chi connectivity index (χ1v) is 8.21. The van der Waals surface area contributed by atoms with Crippen molar-refractivity contribution in [3.05, 3.63) is 30.1 Å². The summed E-state index contributed by atoms with van der Waals surface area (Å²) in [5.74, 6) is -0.929. The Morgan fingerprint density at radius 1 is 1.12 bits per heavy atom. The highest BCUT2D eigenvalue weighted by Gasteiger charge is 2.38. The topological polar surface area (TPSA) is 70.2 Å². The van der Waals surface area contributed by atoms with E-state index in [0.29, 0.717) is 39.3 Å². The van der Waals surface area contributed by atoms with E-state index in [0.717, 1.165) is 6.41 Å². The molecule has 0 saturated carbocycles. The molecule has 2 saturated heterocycles. The van der Waals surface area contributed by atoms with Crippen LogP contribution in [0.25, 0.3) is 0 Å². The van der Waals surface area contributed by atoms with Gasteiger partial charge in [0.25, 0.3) is 5.91 Å². The predicted octanol–water partition coefficient (Wildman–Crippen LogP) is -0.0365. The summed E-state index contributed by atoms with van der Waals surface area (Å²) in [6.45, 7) is 2.59. The predicted molar refractivity (Wildman–Crippen MR) is 86.2 cm³/mol. The van der Waals surface area contributed by atoms with E-state index in [2.05, 4.69) is 0 Å². The normalized spacial score (nSPS) is 17.9. The van der Waals surface area contributed by atoms with E-state index >= 15 is 0 Å². The molecule has 0 aliphatic carbocycles. The second kappa shape index (κ2) is 7.50. The van der Waals surface area contributed by atoms with Crippen molar-refractivity contribution in [2.75, 3.05) is 45.9 Å². The number of likely N-dealkylation sites (tertiary alicyclic amines) is 1. The van der Waals surface area contributed by atoms with Crippen molar-refractivity contribution >= 4 is 18.2 Å². The molecule has 134 valence electrons. The van der Waals surface area contributed by atoms with Crippen LogP contribution in [0.5, 0.6) is 5.75 Å². The highest BCUT2D eigenvalue weighted by Crippen LogP contribution is 2.20. The number of halogens is 1. The third-order valence-electron chi connectivity index (χ3n) is 4.55. The van der Waals surface area contributed by atoms with Gasteiger partial charge in [0.15, 0.2) is 18.2 Å². The van der Waals surface area contributed by atoms with Gasteiger partial charge in [-0.3, -0.25) is 14.4 Å². The third-order valence-corrected chi connectivity index (χ3v) is 4.55. The second-order valence-corrected chi connectivity index (χ2v) is 6.18. The molecule has 1 aromatic carbocycles. The molecule has 0 spiro atoms. The maximum atomic E-state index is 13.4. The van der Waals surface area contributed by atoms with Gasteiger partial charge in [-0.15, -0.1) is 0 Å². The van der Waals surface area contributed by atoms with E-state index < -0.39 is 5.82 Å². The molecule has 0 atom stereocenters. The number of hydrogen-bond acceptors (Lipinski definition) is 4. The lowest BCUT2D eigenvalue weighted by Gasteiger charge is -2.42. The fourth-order valence-corrected chi connectivity index (χ4v) is 2.94. The molecule has 3 rings (SSSR count). The summed E-state index contributed by atoms with van der Waals surface area (Å²) in [6, 6.07) is 5.91. The average molecular weight is 349 g/mol. The summed E-state index contributed by atoms with van der Waals surface area (Å²) >= 11 is 0. The second-order valence-electron chi connectivity index (χ2n) is 6.18. The van der Waals surface area contributed by atoms with E-state index in [-0.39, 0.29) is 30.1 Å². The van der Waals surface area contributed by atoms with Crippen molar-refractivity contribution in [1.82, 2.24) is 14.7 Å². The summed E-state index contributed by atoms with van der Waals surface area (Å²) in [6.07, 6.45) is 0.793. The number of benzene rings is 1. The van der Waals surface area contributed by atoms with Gasteiger partial charge in [0.2, 0.25) is 12.3 Å². The first-order valence-electron chi connectivity index (χ1n) is 8.21. The maximum absolute atomic E-state index is 13.4. The zero-order chi connectivity index (χ0) is 17.8. The fraction of sp³-hybridized carbons (Fsp3) is 0.471. The van der Waals surface area contributed by atoms with Crippen LogP contribution < -0.4 is 4.74 Å². The van der Waals surface area contributed by atoms with Crippen molar-refractivity contribution in [3.63, 3.8) is 0 Å². The summed E-state index contributed by atoms with van der Waals surface area (Å²) in [5, 5.41) is 0. The lowest BCUT2D eigenvalue weighted by molar-refractivity contribution is -0.151. The van der Waals surface area contributed by atoms with Gasteiger partial charge in [-0.2, -0.15) is 0 Å². The zero-order valence-corrected chi connectivity index (χ0v) is 13.8. The summed E-state index contributed by atoms with van der Waals surface area (Å²) in [7, 11) is 0. The van der Waals surface area contributed by atoms with E-state index in [1.54, 1.807) is 21.9 Å². The van der Waals surface area contributed by atoms with E-state index in [4.69, 9.17) is 4.74 Å². The molecule has 7 nitrogen and oxygen atoms in total. The zero-order valence-electron chi connectivity index (χ0n) is 13.8. The Kier molecular flexibility index (Phi) is 5.16. The molecule has 3 amide bonds. The molecule has 1 aromatic rings. The minimum absolute atomic E-state index is 0.0182. The molecule has 2 aliphatic rings. The van der Waals surface area contributed by atoms with Crippen LogP contribution in [0.1, 0.15) is 0 Å². The molecule has 25 heavy (non-hydrogen) atoms. The molecule has 0 aromatic heterocycles. The molecule has 2 heterocycles. The number of nitrogens with zero attached hydrogens (tertiary/aromatic N) is 3. The summed E-state index contributed by atoms with van der Waals surface area (Å²) in [5.41, 5.74) is 0. The van der Waals surface area contributed by atoms with Gasteiger partial charge < -0.3 is 19.4 Å². The lowest BCUT2D eigenvalue weighted by Crippen LogP contribution is -2.59. The average Bonchev–Trinajstić information content (AvgIpc) is 2.59. The minimum Gasteiger partial charge on any atom is -0.481 e. The van der Waals surface area contributed by atoms with E-state index in [1.807, 2.05) is 0 Å². The molecule has 0 N–H and O–H groups in total. The monoisotopic (exact) mass is 349 g/mol. The minimum atomic E-state index is -0.513. The Labute approximate surface area is 144 Å². The third kappa shape index (κ3) is 3.89. The van der Waals surface area contributed by atoms with Crippen LogP contribution in [-0.4, -0.2) is 78.8 Å². The van der Waals surface area contributed by atoms with Gasteiger partial charge in [-0.1, -0.05) is 12.1 Å². The SMILES string of the molecule is O=CN1CCN(C(=O)C2CN(C(=O)COc3ccccc3F)C2)CC1. The van der Waals surface area contributed by atoms with Crippen LogP contribution in [0.2, 0.25) is 0 Å². The number of hydrogen-bond donors (Lipinski definition) is 0. The number of para-hydroxylation sites is 1. The number of rotatable bonds is 5. The number of piperazine rings is 1. The largest absolute Gasteiger partial charge is 0.481 e. The van der Waals surface area contributed by atoms with Crippen molar-refractivity contribution < 1.29 is 23.5 Å². The summed E-state index contributed by atoms with van der Waals surface area (Å²) < 4.78 is 18.6. The van der Waals surface area contributed by atoms with E-state index in [1.165, 1.54) is 17.0 Å². The highest BCUT2D eigenvalue weighted by atomic mass is 19.1. The van der Waals surface area contributed by atoms with Crippen LogP contribution in [0.4, 0.5) is 4.39 Å². The Bertz CT molecular complexity index is 655. The van der Waals surface area contributed by atoms with Crippen molar-refractivity contribution in [3.8, 4) is 5.75 Å². The molecule has 0 unspecified atom stereocenters. The molecule has 2 fully saturated rings. The number of carbonyl (C=O) groups is 3. The standard InChI is InChI=1S/C17H20FN3O4/c18-14-3-1-2-4-15(14)25-11-16(23)21-9-13(10-21)17(24)20-7-5-19(12-22)6-8-20/h1-4,12-13H,5-11H2. The maximum Gasteiger partial charge on any atom is 0.260 e.